The predicted octanol–water partition coefficient (Wildman–Crippen LogP) is 2.63. The van der Waals surface area contributed by atoms with Crippen molar-refractivity contribution in [3.8, 4) is 0 Å². The minimum absolute atomic E-state index is 0.162. The summed E-state index contributed by atoms with van der Waals surface area (Å²) in [6.45, 7) is 5.83. The third-order valence-electron chi connectivity index (χ3n) is 2.99. The standard InChI is InChI=1S/C14H20N2O3S2/c1-3-6-15-10-13-11(2)8-14(20-13)21(17,18)16-9-12-5-4-7-19-12/h4-5,7-8,15-16H,3,6,9-10H2,1-2H3. The highest BCUT2D eigenvalue weighted by atomic mass is 32.2. The van der Waals surface area contributed by atoms with Crippen LogP contribution in [0.25, 0.3) is 0 Å². The minimum Gasteiger partial charge on any atom is -0.468 e. The summed E-state index contributed by atoms with van der Waals surface area (Å²) in [5.74, 6) is 0.594. The fraction of sp³-hybridized carbons (Fsp3) is 0.429. The van der Waals surface area contributed by atoms with Gasteiger partial charge in [0.25, 0.3) is 0 Å². The molecule has 0 aliphatic heterocycles. The molecule has 116 valence electrons. The maximum Gasteiger partial charge on any atom is 0.250 e. The van der Waals surface area contributed by atoms with Crippen LogP contribution in [0.3, 0.4) is 0 Å². The first-order valence-electron chi connectivity index (χ1n) is 6.85. The van der Waals surface area contributed by atoms with Crippen LogP contribution in [0.2, 0.25) is 0 Å². The summed E-state index contributed by atoms with van der Waals surface area (Å²) in [6.07, 6.45) is 2.58. The Hall–Kier alpha value is -1.15. The molecule has 0 bridgehead atoms. The normalized spacial score (nSPS) is 11.9. The third-order valence-corrected chi connectivity index (χ3v) is 6.10. The first-order valence-corrected chi connectivity index (χ1v) is 9.15. The lowest BCUT2D eigenvalue weighted by Crippen LogP contribution is -2.22. The van der Waals surface area contributed by atoms with E-state index < -0.39 is 10.0 Å². The summed E-state index contributed by atoms with van der Waals surface area (Å²) >= 11 is 1.31. The van der Waals surface area contributed by atoms with Crippen LogP contribution >= 0.6 is 11.3 Å². The Kier molecular flexibility index (Phi) is 5.58. The maximum atomic E-state index is 12.3. The van der Waals surface area contributed by atoms with Gasteiger partial charge in [-0.2, -0.15) is 0 Å². The average Bonchev–Trinajstić information content (AvgIpc) is 3.07. The molecule has 21 heavy (non-hydrogen) atoms. The van der Waals surface area contributed by atoms with Gasteiger partial charge in [0.1, 0.15) is 9.97 Å². The van der Waals surface area contributed by atoms with Crippen molar-refractivity contribution in [1.29, 1.82) is 0 Å². The van der Waals surface area contributed by atoms with Gasteiger partial charge in [-0.05, 0) is 43.7 Å². The molecule has 0 saturated heterocycles. The molecule has 0 saturated carbocycles. The van der Waals surface area contributed by atoms with E-state index in [0.717, 1.165) is 23.4 Å². The zero-order valence-electron chi connectivity index (χ0n) is 12.2. The molecule has 0 aliphatic rings. The zero-order chi connectivity index (χ0) is 15.3. The van der Waals surface area contributed by atoms with Crippen LogP contribution in [0, 0.1) is 6.92 Å². The van der Waals surface area contributed by atoms with E-state index in [4.69, 9.17) is 4.42 Å². The highest BCUT2D eigenvalue weighted by Crippen LogP contribution is 2.26. The Morgan fingerprint density at radius 3 is 2.81 bits per heavy atom. The van der Waals surface area contributed by atoms with Gasteiger partial charge >= 0.3 is 0 Å². The monoisotopic (exact) mass is 328 g/mol. The lowest BCUT2D eigenvalue weighted by Gasteiger charge is -2.02. The largest absolute Gasteiger partial charge is 0.468 e. The molecule has 0 spiro atoms. The molecule has 2 aromatic heterocycles. The van der Waals surface area contributed by atoms with Crippen molar-refractivity contribution < 1.29 is 12.8 Å². The Bertz CT molecular complexity index is 660. The number of sulfonamides is 1. The van der Waals surface area contributed by atoms with Gasteiger partial charge in [0, 0.05) is 11.4 Å². The van der Waals surface area contributed by atoms with E-state index >= 15 is 0 Å². The first-order chi connectivity index (χ1) is 10.0. The van der Waals surface area contributed by atoms with Gasteiger partial charge in [0.15, 0.2) is 0 Å². The lowest BCUT2D eigenvalue weighted by atomic mass is 10.3. The number of aryl methyl sites for hydroxylation is 1. The molecule has 2 aromatic rings. The summed E-state index contributed by atoms with van der Waals surface area (Å²) in [4.78, 5) is 1.06. The number of furan rings is 1. The van der Waals surface area contributed by atoms with Gasteiger partial charge in [-0.3, -0.25) is 0 Å². The average molecular weight is 328 g/mol. The van der Waals surface area contributed by atoms with Crippen LogP contribution in [0.1, 0.15) is 29.5 Å². The Morgan fingerprint density at radius 1 is 1.33 bits per heavy atom. The maximum absolute atomic E-state index is 12.3. The number of hydrogen-bond donors (Lipinski definition) is 2. The molecule has 2 heterocycles. The van der Waals surface area contributed by atoms with Crippen LogP contribution in [0.4, 0.5) is 0 Å². The molecule has 2 rings (SSSR count). The Labute approximate surface area is 129 Å². The molecule has 0 unspecified atom stereocenters. The number of thiophene rings is 1. The van der Waals surface area contributed by atoms with E-state index in [1.165, 1.54) is 17.6 Å². The summed E-state index contributed by atoms with van der Waals surface area (Å²) in [5.41, 5.74) is 1.00. The summed E-state index contributed by atoms with van der Waals surface area (Å²) in [7, 11) is -3.49. The molecule has 0 atom stereocenters. The van der Waals surface area contributed by atoms with Crippen LogP contribution in [0.15, 0.2) is 33.1 Å². The fourth-order valence-corrected chi connectivity index (χ4v) is 4.42. The minimum atomic E-state index is -3.49. The molecule has 0 fully saturated rings. The summed E-state index contributed by atoms with van der Waals surface area (Å²) in [6, 6.07) is 5.19. The highest BCUT2D eigenvalue weighted by molar-refractivity contribution is 7.91. The van der Waals surface area contributed by atoms with Crippen LogP contribution in [0.5, 0.6) is 0 Å². The lowest BCUT2D eigenvalue weighted by molar-refractivity contribution is 0.499. The van der Waals surface area contributed by atoms with Crippen molar-refractivity contribution in [1.82, 2.24) is 10.0 Å². The van der Waals surface area contributed by atoms with Crippen molar-refractivity contribution >= 4 is 21.4 Å². The molecule has 5 nitrogen and oxygen atoms in total. The molecule has 2 N–H and O–H groups in total. The topological polar surface area (TPSA) is 71.3 Å². The second-order valence-electron chi connectivity index (χ2n) is 4.75. The van der Waals surface area contributed by atoms with Gasteiger partial charge < -0.3 is 9.73 Å². The molecule has 7 heteroatoms. The van der Waals surface area contributed by atoms with E-state index in [2.05, 4.69) is 17.0 Å². The molecule has 0 radical (unpaired) electrons. The van der Waals surface area contributed by atoms with Crippen molar-refractivity contribution in [3.05, 3.63) is 40.7 Å². The second kappa shape index (κ2) is 7.22. The number of hydrogen-bond acceptors (Lipinski definition) is 5. The highest BCUT2D eigenvalue weighted by Gasteiger charge is 2.19. The van der Waals surface area contributed by atoms with Gasteiger partial charge in [0.05, 0.1) is 12.8 Å². The number of nitrogens with one attached hydrogen (secondary N) is 2. The Morgan fingerprint density at radius 2 is 2.14 bits per heavy atom. The molecular weight excluding hydrogens is 308 g/mol. The van der Waals surface area contributed by atoms with E-state index in [-0.39, 0.29) is 6.54 Å². The van der Waals surface area contributed by atoms with Gasteiger partial charge in [-0.25, -0.2) is 13.1 Å². The Balaban J connectivity index is 2.04. The van der Waals surface area contributed by atoms with Crippen LogP contribution in [-0.2, 0) is 23.1 Å². The summed E-state index contributed by atoms with van der Waals surface area (Å²) < 4.78 is 32.5. The van der Waals surface area contributed by atoms with Crippen molar-refractivity contribution in [3.63, 3.8) is 0 Å². The van der Waals surface area contributed by atoms with Crippen molar-refractivity contribution in [2.75, 3.05) is 6.54 Å². The van der Waals surface area contributed by atoms with Gasteiger partial charge in [-0.15, -0.1) is 11.3 Å². The van der Waals surface area contributed by atoms with Gasteiger partial charge in [-0.1, -0.05) is 6.92 Å². The van der Waals surface area contributed by atoms with Gasteiger partial charge in [0.2, 0.25) is 10.0 Å². The molecule has 0 aromatic carbocycles. The predicted molar refractivity (Wildman–Crippen MR) is 83.8 cm³/mol. The second-order valence-corrected chi connectivity index (χ2v) is 7.88. The quantitative estimate of drug-likeness (QED) is 0.731. The zero-order valence-corrected chi connectivity index (χ0v) is 13.8. The molecule has 0 aliphatic carbocycles. The number of rotatable bonds is 8. The van der Waals surface area contributed by atoms with E-state index in [1.54, 1.807) is 18.2 Å². The molecule has 0 amide bonds. The van der Waals surface area contributed by atoms with Crippen LogP contribution < -0.4 is 10.0 Å². The third kappa shape index (κ3) is 4.41. The molecular formula is C14H20N2O3S2. The SMILES string of the molecule is CCCNCc1sc(S(=O)(=O)NCc2ccco2)cc1C. The summed E-state index contributed by atoms with van der Waals surface area (Å²) in [5, 5.41) is 3.29. The van der Waals surface area contributed by atoms with Crippen molar-refractivity contribution in [2.24, 2.45) is 0 Å². The van der Waals surface area contributed by atoms with Crippen molar-refractivity contribution in [2.45, 2.75) is 37.6 Å². The fourth-order valence-electron chi connectivity index (χ4n) is 1.83. The van der Waals surface area contributed by atoms with Crippen LogP contribution in [-0.4, -0.2) is 15.0 Å². The first kappa shape index (κ1) is 16.2. The van der Waals surface area contributed by atoms with E-state index in [9.17, 15) is 8.42 Å². The smallest absolute Gasteiger partial charge is 0.250 e. The van der Waals surface area contributed by atoms with E-state index in [0.29, 0.717) is 16.5 Å². The van der Waals surface area contributed by atoms with E-state index in [1.807, 2.05) is 6.92 Å².